The average Bonchev–Trinajstić information content (AvgIpc) is 2.53. The maximum atomic E-state index is 10.1. The highest BCUT2D eigenvalue weighted by atomic mass is 16.3. The van der Waals surface area contributed by atoms with Crippen molar-refractivity contribution in [1.82, 2.24) is 0 Å². The summed E-state index contributed by atoms with van der Waals surface area (Å²) in [5.41, 5.74) is 1.82. The fourth-order valence-corrected chi connectivity index (χ4v) is 2.34. The molecule has 0 saturated carbocycles. The SMILES string of the molecule is CC[C@]1(CO)Cc2ccccc2[C@@H]1O. The fourth-order valence-electron chi connectivity index (χ4n) is 2.34. The van der Waals surface area contributed by atoms with Gasteiger partial charge < -0.3 is 10.2 Å². The number of hydrogen-bond donors (Lipinski definition) is 2. The predicted octanol–water partition coefficient (Wildman–Crippen LogP) is 1.66. The van der Waals surface area contributed by atoms with Gasteiger partial charge in [-0.25, -0.2) is 0 Å². The number of benzene rings is 1. The number of aliphatic hydroxyl groups excluding tert-OH is 2. The van der Waals surface area contributed by atoms with Crippen molar-refractivity contribution in [3.63, 3.8) is 0 Å². The van der Waals surface area contributed by atoms with Crippen LogP contribution < -0.4 is 0 Å². The highest BCUT2D eigenvalue weighted by molar-refractivity contribution is 5.36. The molecule has 0 fully saturated rings. The van der Waals surface area contributed by atoms with Crippen LogP contribution in [0.3, 0.4) is 0 Å². The van der Waals surface area contributed by atoms with Gasteiger partial charge in [0, 0.05) is 5.41 Å². The van der Waals surface area contributed by atoms with Crippen molar-refractivity contribution in [2.45, 2.75) is 25.9 Å². The molecule has 2 heteroatoms. The quantitative estimate of drug-likeness (QED) is 0.748. The van der Waals surface area contributed by atoms with E-state index in [4.69, 9.17) is 0 Å². The molecule has 2 N–H and O–H groups in total. The zero-order valence-electron chi connectivity index (χ0n) is 8.40. The van der Waals surface area contributed by atoms with Crippen molar-refractivity contribution in [2.75, 3.05) is 6.61 Å². The van der Waals surface area contributed by atoms with Gasteiger partial charge in [-0.2, -0.15) is 0 Å². The lowest BCUT2D eigenvalue weighted by atomic mass is 9.81. The average molecular weight is 192 g/mol. The predicted molar refractivity (Wildman–Crippen MR) is 54.9 cm³/mol. The molecule has 2 atom stereocenters. The van der Waals surface area contributed by atoms with E-state index in [1.54, 1.807) is 0 Å². The van der Waals surface area contributed by atoms with Crippen molar-refractivity contribution in [1.29, 1.82) is 0 Å². The Kier molecular flexibility index (Phi) is 2.33. The van der Waals surface area contributed by atoms with Crippen LogP contribution in [0, 0.1) is 5.41 Å². The number of rotatable bonds is 2. The molecule has 76 valence electrons. The van der Waals surface area contributed by atoms with Crippen LogP contribution in [-0.2, 0) is 6.42 Å². The molecule has 0 aromatic heterocycles. The van der Waals surface area contributed by atoms with Crippen LogP contribution in [0.2, 0.25) is 0 Å². The van der Waals surface area contributed by atoms with Crippen LogP contribution >= 0.6 is 0 Å². The molecular weight excluding hydrogens is 176 g/mol. The molecule has 14 heavy (non-hydrogen) atoms. The first kappa shape index (κ1) is 9.69. The van der Waals surface area contributed by atoms with Gasteiger partial charge in [0.25, 0.3) is 0 Å². The Hall–Kier alpha value is -0.860. The summed E-state index contributed by atoms with van der Waals surface area (Å²) in [4.78, 5) is 0. The van der Waals surface area contributed by atoms with E-state index in [1.807, 2.05) is 31.2 Å². The third-order valence-electron chi connectivity index (χ3n) is 3.49. The van der Waals surface area contributed by atoms with Gasteiger partial charge in [-0.15, -0.1) is 0 Å². The monoisotopic (exact) mass is 192 g/mol. The Morgan fingerprint density at radius 3 is 2.71 bits per heavy atom. The lowest BCUT2D eigenvalue weighted by Crippen LogP contribution is -2.29. The molecule has 0 radical (unpaired) electrons. The smallest absolute Gasteiger partial charge is 0.0873 e. The van der Waals surface area contributed by atoms with Gasteiger partial charge in [0.15, 0.2) is 0 Å². The number of aliphatic hydroxyl groups is 2. The Balaban J connectivity index is 2.42. The van der Waals surface area contributed by atoms with E-state index in [9.17, 15) is 10.2 Å². The van der Waals surface area contributed by atoms with Crippen LogP contribution in [-0.4, -0.2) is 16.8 Å². The van der Waals surface area contributed by atoms with Gasteiger partial charge in [0.1, 0.15) is 0 Å². The zero-order valence-corrected chi connectivity index (χ0v) is 8.40. The topological polar surface area (TPSA) is 40.5 Å². The first-order chi connectivity index (χ1) is 6.73. The van der Waals surface area contributed by atoms with E-state index < -0.39 is 6.10 Å². The number of fused-ring (bicyclic) bond motifs is 1. The Labute approximate surface area is 84.2 Å². The van der Waals surface area contributed by atoms with Crippen molar-refractivity contribution in [2.24, 2.45) is 5.41 Å². The van der Waals surface area contributed by atoms with E-state index >= 15 is 0 Å². The van der Waals surface area contributed by atoms with Gasteiger partial charge in [-0.1, -0.05) is 31.2 Å². The summed E-state index contributed by atoms with van der Waals surface area (Å²) in [6.45, 7) is 2.07. The third-order valence-corrected chi connectivity index (χ3v) is 3.49. The standard InChI is InChI=1S/C12H16O2/c1-2-12(8-13)7-9-5-3-4-6-10(9)11(12)14/h3-6,11,13-14H,2,7-8H2,1H3/t11-,12+/m0/s1. The molecular formula is C12H16O2. The van der Waals surface area contributed by atoms with E-state index in [-0.39, 0.29) is 12.0 Å². The Bertz CT molecular complexity index is 329. The van der Waals surface area contributed by atoms with Gasteiger partial charge in [-0.05, 0) is 24.0 Å². The van der Waals surface area contributed by atoms with Crippen molar-refractivity contribution < 1.29 is 10.2 Å². The molecule has 2 rings (SSSR count). The molecule has 0 unspecified atom stereocenters. The van der Waals surface area contributed by atoms with Crippen molar-refractivity contribution in [3.05, 3.63) is 35.4 Å². The van der Waals surface area contributed by atoms with Crippen LogP contribution in [0.1, 0.15) is 30.6 Å². The van der Waals surface area contributed by atoms with Crippen LogP contribution in [0.15, 0.2) is 24.3 Å². The summed E-state index contributed by atoms with van der Waals surface area (Å²) in [5, 5.41) is 19.5. The lowest BCUT2D eigenvalue weighted by molar-refractivity contribution is -0.00853. The van der Waals surface area contributed by atoms with E-state index in [0.717, 1.165) is 18.4 Å². The minimum Gasteiger partial charge on any atom is -0.396 e. The molecule has 0 amide bonds. The van der Waals surface area contributed by atoms with Crippen LogP contribution in [0.5, 0.6) is 0 Å². The maximum Gasteiger partial charge on any atom is 0.0873 e. The lowest BCUT2D eigenvalue weighted by Gasteiger charge is -2.29. The minimum absolute atomic E-state index is 0.0549. The van der Waals surface area contributed by atoms with Gasteiger partial charge in [0.05, 0.1) is 12.7 Å². The minimum atomic E-state index is -0.506. The highest BCUT2D eigenvalue weighted by Gasteiger charge is 2.43. The third kappa shape index (κ3) is 1.18. The van der Waals surface area contributed by atoms with E-state index in [2.05, 4.69) is 0 Å². The molecule has 0 spiro atoms. The summed E-state index contributed by atoms with van der Waals surface area (Å²) >= 11 is 0. The van der Waals surface area contributed by atoms with Gasteiger partial charge in [-0.3, -0.25) is 0 Å². The van der Waals surface area contributed by atoms with E-state index in [0.29, 0.717) is 0 Å². The van der Waals surface area contributed by atoms with Crippen molar-refractivity contribution in [3.8, 4) is 0 Å². The van der Waals surface area contributed by atoms with Gasteiger partial charge in [0.2, 0.25) is 0 Å². The normalized spacial score (nSPS) is 30.4. The summed E-state index contributed by atoms with van der Waals surface area (Å²) in [7, 11) is 0. The molecule has 1 aromatic rings. The first-order valence-electron chi connectivity index (χ1n) is 5.10. The molecule has 0 aliphatic heterocycles. The molecule has 0 saturated heterocycles. The number of hydrogen-bond acceptors (Lipinski definition) is 2. The zero-order chi connectivity index (χ0) is 10.2. The second-order valence-corrected chi connectivity index (χ2v) is 4.15. The molecule has 1 aliphatic rings. The Morgan fingerprint density at radius 1 is 1.43 bits per heavy atom. The van der Waals surface area contributed by atoms with Crippen LogP contribution in [0.25, 0.3) is 0 Å². The van der Waals surface area contributed by atoms with E-state index in [1.165, 1.54) is 5.56 Å². The molecule has 2 nitrogen and oxygen atoms in total. The molecule has 1 aromatic carbocycles. The van der Waals surface area contributed by atoms with Crippen LogP contribution in [0.4, 0.5) is 0 Å². The maximum absolute atomic E-state index is 10.1. The first-order valence-corrected chi connectivity index (χ1v) is 5.10. The molecule has 0 heterocycles. The summed E-state index contributed by atoms with van der Waals surface area (Å²) in [6.07, 6.45) is 1.09. The van der Waals surface area contributed by atoms with Gasteiger partial charge >= 0.3 is 0 Å². The second kappa shape index (κ2) is 3.37. The largest absolute Gasteiger partial charge is 0.396 e. The second-order valence-electron chi connectivity index (χ2n) is 4.15. The summed E-state index contributed by atoms with van der Waals surface area (Å²) in [6, 6.07) is 7.90. The Morgan fingerprint density at radius 2 is 2.14 bits per heavy atom. The van der Waals surface area contributed by atoms with Crippen molar-refractivity contribution >= 4 is 0 Å². The molecule has 1 aliphatic carbocycles. The summed E-state index contributed by atoms with van der Waals surface area (Å²) in [5.74, 6) is 0. The summed E-state index contributed by atoms with van der Waals surface area (Å²) < 4.78 is 0. The highest BCUT2D eigenvalue weighted by Crippen LogP contribution is 2.47. The molecule has 0 bridgehead atoms. The fraction of sp³-hybridized carbons (Fsp3) is 0.500.